The molecular formula is C20H24FN3O3. The maximum Gasteiger partial charge on any atom is 0.290 e. The molecule has 2 aromatic rings. The Bertz CT molecular complexity index is 853. The summed E-state index contributed by atoms with van der Waals surface area (Å²) in [6, 6.07) is 5.95. The van der Waals surface area contributed by atoms with E-state index in [1.807, 2.05) is 6.92 Å². The number of Topliss-reactive ketones (excluding diaryl/α,β-unsaturated/α-hetero) is 1. The zero-order valence-electron chi connectivity index (χ0n) is 15.5. The van der Waals surface area contributed by atoms with Crippen LogP contribution in [0.3, 0.4) is 0 Å². The Kier molecular flexibility index (Phi) is 5.88. The van der Waals surface area contributed by atoms with E-state index in [2.05, 4.69) is 4.98 Å². The molecule has 1 N–H and O–H groups in total. The Morgan fingerprint density at radius 2 is 1.74 bits per heavy atom. The first-order chi connectivity index (χ1) is 13.0. The molecule has 1 aromatic heterocycles. The van der Waals surface area contributed by atoms with Gasteiger partial charge in [-0.05, 0) is 30.7 Å². The number of hydrogen-bond donors (Lipinski definition) is 1. The predicted molar refractivity (Wildman–Crippen MR) is 99.9 cm³/mol. The minimum absolute atomic E-state index is 0.187. The van der Waals surface area contributed by atoms with Gasteiger partial charge < -0.3 is 14.8 Å². The summed E-state index contributed by atoms with van der Waals surface area (Å²) in [6.07, 6.45) is 2.97. The van der Waals surface area contributed by atoms with E-state index in [0.29, 0.717) is 42.8 Å². The van der Waals surface area contributed by atoms with Gasteiger partial charge in [-0.3, -0.25) is 14.4 Å². The van der Waals surface area contributed by atoms with Crippen molar-refractivity contribution in [1.82, 2.24) is 14.8 Å². The van der Waals surface area contributed by atoms with Crippen LogP contribution in [0.25, 0.3) is 10.9 Å². The minimum atomic E-state index is -0.445. The number of hydrogen-bond acceptors (Lipinski definition) is 3. The van der Waals surface area contributed by atoms with E-state index in [1.165, 1.54) is 17.0 Å². The first kappa shape index (κ1) is 19.1. The number of aromatic amines is 1. The number of benzene rings is 1. The summed E-state index contributed by atoms with van der Waals surface area (Å²) in [5.74, 6) is -1.33. The number of carbonyl (C=O) groups is 3. The van der Waals surface area contributed by atoms with Crippen molar-refractivity contribution in [3.05, 3.63) is 35.8 Å². The van der Waals surface area contributed by atoms with Crippen LogP contribution in [0.5, 0.6) is 0 Å². The third kappa shape index (κ3) is 4.35. The third-order valence-electron chi connectivity index (χ3n) is 4.91. The molecule has 0 atom stereocenters. The van der Waals surface area contributed by atoms with E-state index in [1.54, 1.807) is 17.0 Å². The van der Waals surface area contributed by atoms with Crippen LogP contribution >= 0.6 is 0 Å². The smallest absolute Gasteiger partial charge is 0.290 e. The van der Waals surface area contributed by atoms with Crippen LogP contribution in [0.1, 0.15) is 43.1 Å². The number of carbonyl (C=O) groups excluding carboxylic acids is 3. The molecule has 0 unspecified atom stereocenters. The van der Waals surface area contributed by atoms with Crippen LogP contribution in [0, 0.1) is 5.82 Å². The van der Waals surface area contributed by atoms with Crippen molar-refractivity contribution < 1.29 is 18.8 Å². The molecule has 6 nitrogen and oxygen atoms in total. The lowest BCUT2D eigenvalue weighted by Crippen LogP contribution is -2.52. The Morgan fingerprint density at radius 1 is 1.04 bits per heavy atom. The Labute approximate surface area is 157 Å². The fourth-order valence-corrected chi connectivity index (χ4v) is 3.32. The average molecular weight is 373 g/mol. The molecule has 0 aliphatic carbocycles. The molecule has 1 aliphatic heterocycles. The van der Waals surface area contributed by atoms with Crippen LogP contribution < -0.4 is 0 Å². The lowest BCUT2D eigenvalue weighted by Gasteiger charge is -2.34. The Morgan fingerprint density at radius 3 is 2.44 bits per heavy atom. The molecule has 2 heterocycles. The SMILES string of the molecule is CCCCCC(=O)C(=O)N1CCN(C(=O)c2cc3cc(F)ccc3[nH]2)CC1. The minimum Gasteiger partial charge on any atom is -0.351 e. The lowest BCUT2D eigenvalue weighted by molar-refractivity contribution is -0.145. The van der Waals surface area contributed by atoms with E-state index in [9.17, 15) is 18.8 Å². The first-order valence-electron chi connectivity index (χ1n) is 9.39. The first-order valence-corrected chi connectivity index (χ1v) is 9.39. The highest BCUT2D eigenvalue weighted by atomic mass is 19.1. The molecule has 0 bridgehead atoms. The molecule has 144 valence electrons. The number of unbranched alkanes of at least 4 members (excludes halogenated alkanes) is 2. The normalized spacial score (nSPS) is 14.6. The van der Waals surface area contributed by atoms with Crippen molar-refractivity contribution in [2.75, 3.05) is 26.2 Å². The van der Waals surface area contributed by atoms with E-state index in [4.69, 9.17) is 0 Å². The monoisotopic (exact) mass is 373 g/mol. The van der Waals surface area contributed by atoms with Crippen LogP contribution in [0.2, 0.25) is 0 Å². The predicted octanol–water partition coefficient (Wildman–Crippen LogP) is 2.74. The van der Waals surface area contributed by atoms with Crippen molar-refractivity contribution in [2.24, 2.45) is 0 Å². The molecule has 0 saturated carbocycles. The van der Waals surface area contributed by atoms with E-state index >= 15 is 0 Å². The van der Waals surface area contributed by atoms with Crippen molar-refractivity contribution in [2.45, 2.75) is 32.6 Å². The zero-order valence-corrected chi connectivity index (χ0v) is 15.5. The second-order valence-corrected chi connectivity index (χ2v) is 6.88. The number of H-pyrrole nitrogens is 1. The molecule has 1 fully saturated rings. The topological polar surface area (TPSA) is 73.5 Å². The zero-order chi connectivity index (χ0) is 19.4. The number of halogens is 1. The van der Waals surface area contributed by atoms with Crippen LogP contribution in [0.15, 0.2) is 24.3 Å². The molecule has 1 saturated heterocycles. The van der Waals surface area contributed by atoms with Crippen LogP contribution in [-0.4, -0.2) is 58.6 Å². The van der Waals surface area contributed by atoms with Gasteiger partial charge in [-0.2, -0.15) is 0 Å². The molecule has 1 aliphatic rings. The van der Waals surface area contributed by atoms with Gasteiger partial charge in [0, 0.05) is 43.5 Å². The van der Waals surface area contributed by atoms with Gasteiger partial charge in [0.1, 0.15) is 11.5 Å². The second-order valence-electron chi connectivity index (χ2n) is 6.88. The highest BCUT2D eigenvalue weighted by molar-refractivity contribution is 6.36. The number of nitrogens with zero attached hydrogens (tertiary/aromatic N) is 2. The van der Waals surface area contributed by atoms with Crippen molar-refractivity contribution >= 4 is 28.5 Å². The molecule has 2 amide bonds. The summed E-state index contributed by atoms with van der Waals surface area (Å²) >= 11 is 0. The molecular weight excluding hydrogens is 349 g/mol. The van der Waals surface area contributed by atoms with E-state index in [-0.39, 0.29) is 23.9 Å². The number of ketones is 1. The maximum atomic E-state index is 13.3. The Balaban J connectivity index is 1.57. The van der Waals surface area contributed by atoms with Crippen molar-refractivity contribution in [1.29, 1.82) is 0 Å². The van der Waals surface area contributed by atoms with Crippen molar-refractivity contribution in [3.8, 4) is 0 Å². The quantitative estimate of drug-likeness (QED) is 0.625. The van der Waals surface area contributed by atoms with Gasteiger partial charge in [0.25, 0.3) is 11.8 Å². The van der Waals surface area contributed by atoms with Crippen LogP contribution in [-0.2, 0) is 9.59 Å². The summed E-state index contributed by atoms with van der Waals surface area (Å²) in [6.45, 7) is 3.48. The third-order valence-corrected chi connectivity index (χ3v) is 4.91. The molecule has 7 heteroatoms. The highest BCUT2D eigenvalue weighted by Crippen LogP contribution is 2.18. The summed E-state index contributed by atoms with van der Waals surface area (Å²) in [7, 11) is 0. The lowest BCUT2D eigenvalue weighted by atomic mass is 10.1. The maximum absolute atomic E-state index is 13.3. The number of rotatable bonds is 6. The van der Waals surface area contributed by atoms with Gasteiger partial charge in [0.15, 0.2) is 0 Å². The largest absolute Gasteiger partial charge is 0.351 e. The summed E-state index contributed by atoms with van der Waals surface area (Å²) in [5.41, 5.74) is 1.09. The van der Waals surface area contributed by atoms with Gasteiger partial charge in [-0.1, -0.05) is 19.8 Å². The van der Waals surface area contributed by atoms with Gasteiger partial charge in [-0.25, -0.2) is 4.39 Å². The van der Waals surface area contributed by atoms with Crippen molar-refractivity contribution in [3.63, 3.8) is 0 Å². The molecule has 3 rings (SSSR count). The van der Waals surface area contributed by atoms with Gasteiger partial charge in [0.05, 0.1) is 0 Å². The fraction of sp³-hybridized carbons (Fsp3) is 0.450. The van der Waals surface area contributed by atoms with E-state index in [0.717, 1.165) is 19.3 Å². The summed E-state index contributed by atoms with van der Waals surface area (Å²) < 4.78 is 13.3. The van der Waals surface area contributed by atoms with Gasteiger partial charge in [-0.15, -0.1) is 0 Å². The highest BCUT2D eigenvalue weighted by Gasteiger charge is 2.28. The average Bonchev–Trinajstić information content (AvgIpc) is 3.10. The Hall–Kier alpha value is -2.70. The number of piperazine rings is 1. The standard InChI is InChI=1S/C20H24FN3O3/c1-2-3-4-5-18(25)20(27)24-10-8-23(9-11-24)19(26)17-13-14-12-15(21)6-7-16(14)22-17/h6-7,12-13,22H,2-5,8-11H2,1H3. The fourth-order valence-electron chi connectivity index (χ4n) is 3.32. The van der Waals surface area contributed by atoms with Gasteiger partial charge >= 0.3 is 0 Å². The number of nitrogens with one attached hydrogen (secondary N) is 1. The summed E-state index contributed by atoms with van der Waals surface area (Å²) in [4.78, 5) is 43.0. The van der Waals surface area contributed by atoms with E-state index < -0.39 is 5.91 Å². The molecule has 27 heavy (non-hydrogen) atoms. The second kappa shape index (κ2) is 8.33. The molecule has 0 spiro atoms. The number of amides is 2. The van der Waals surface area contributed by atoms with Gasteiger partial charge in [0.2, 0.25) is 5.78 Å². The van der Waals surface area contributed by atoms with Crippen LogP contribution in [0.4, 0.5) is 4.39 Å². The summed E-state index contributed by atoms with van der Waals surface area (Å²) in [5, 5.41) is 0.643. The molecule has 0 radical (unpaired) electrons. The number of fused-ring (bicyclic) bond motifs is 1. The molecule has 1 aromatic carbocycles. The number of aromatic nitrogens is 1.